The minimum Gasteiger partial charge on any atom is -0.493 e. The fraction of sp³-hybridized carbons (Fsp3) is 0.500. The third-order valence-electron chi connectivity index (χ3n) is 3.76. The van der Waals surface area contributed by atoms with Crippen LogP contribution in [-0.2, 0) is 14.8 Å². The molecule has 9 heteroatoms. The van der Waals surface area contributed by atoms with Gasteiger partial charge in [0.05, 0.1) is 14.2 Å². The van der Waals surface area contributed by atoms with Crippen molar-refractivity contribution in [2.75, 3.05) is 20.8 Å². The Kier molecular flexibility index (Phi) is 4.54. The molecule has 2 N–H and O–H groups in total. The van der Waals surface area contributed by atoms with Crippen molar-refractivity contribution in [3.8, 4) is 11.5 Å². The Morgan fingerprint density at radius 2 is 1.83 bits per heavy atom. The summed E-state index contributed by atoms with van der Waals surface area (Å²) in [5.41, 5.74) is -0.628. The van der Waals surface area contributed by atoms with Crippen molar-refractivity contribution in [2.24, 2.45) is 5.41 Å². The quantitative estimate of drug-likeness (QED) is 0.816. The van der Waals surface area contributed by atoms with Gasteiger partial charge in [0, 0.05) is 24.1 Å². The van der Waals surface area contributed by atoms with E-state index in [-0.39, 0.29) is 11.5 Å². The number of carbonyl (C=O) groups excluding carboxylic acids is 1. The van der Waals surface area contributed by atoms with E-state index in [1.54, 1.807) is 13.8 Å². The lowest BCUT2D eigenvalue weighted by Crippen LogP contribution is -2.46. The smallest absolute Gasteiger partial charge is 0.244 e. The molecule has 23 heavy (non-hydrogen) atoms. The summed E-state index contributed by atoms with van der Waals surface area (Å²) in [5, 5.41) is 2.59. The Balaban J connectivity index is 2.42. The lowest BCUT2D eigenvalue weighted by Gasteiger charge is -2.24. The summed E-state index contributed by atoms with van der Waals surface area (Å²) in [6.07, 6.45) is 0. The summed E-state index contributed by atoms with van der Waals surface area (Å²) < 4.78 is 51.3. The summed E-state index contributed by atoms with van der Waals surface area (Å²) in [7, 11) is -1.63. The number of rotatable bonds is 5. The van der Waals surface area contributed by atoms with E-state index in [4.69, 9.17) is 9.47 Å². The van der Waals surface area contributed by atoms with Crippen LogP contribution in [0.1, 0.15) is 13.8 Å². The molecule has 1 aliphatic heterocycles. The normalized spacial score (nSPS) is 20.2. The molecule has 7 nitrogen and oxygen atoms in total. The number of halogens is 1. The molecular formula is C14H19FN2O5S. The molecule has 1 amide bonds. The molecule has 0 saturated carbocycles. The Morgan fingerprint density at radius 1 is 1.26 bits per heavy atom. The first kappa shape index (κ1) is 17.5. The minimum atomic E-state index is -4.26. The van der Waals surface area contributed by atoms with Gasteiger partial charge in [-0.3, -0.25) is 4.79 Å². The topological polar surface area (TPSA) is 93.7 Å². The van der Waals surface area contributed by atoms with Gasteiger partial charge < -0.3 is 14.8 Å². The van der Waals surface area contributed by atoms with Gasteiger partial charge in [-0.2, -0.15) is 4.72 Å². The molecule has 0 radical (unpaired) electrons. The number of hydrogen-bond donors (Lipinski definition) is 2. The van der Waals surface area contributed by atoms with Crippen LogP contribution in [0.15, 0.2) is 17.0 Å². The van der Waals surface area contributed by atoms with Gasteiger partial charge in [-0.25, -0.2) is 12.8 Å². The van der Waals surface area contributed by atoms with Crippen molar-refractivity contribution in [3.63, 3.8) is 0 Å². The van der Waals surface area contributed by atoms with Gasteiger partial charge in [0.2, 0.25) is 15.9 Å². The first-order valence-electron chi connectivity index (χ1n) is 6.84. The van der Waals surface area contributed by atoms with Crippen LogP contribution in [0.5, 0.6) is 11.5 Å². The van der Waals surface area contributed by atoms with E-state index in [1.807, 2.05) is 0 Å². The van der Waals surface area contributed by atoms with Crippen molar-refractivity contribution in [2.45, 2.75) is 24.8 Å². The van der Waals surface area contributed by atoms with E-state index >= 15 is 0 Å². The third kappa shape index (κ3) is 3.25. The number of amides is 1. The summed E-state index contributed by atoms with van der Waals surface area (Å²) in [6.45, 7) is 3.81. The molecular weight excluding hydrogens is 327 g/mol. The number of hydrogen-bond acceptors (Lipinski definition) is 5. The summed E-state index contributed by atoms with van der Waals surface area (Å²) in [5.74, 6) is -1.29. The summed E-state index contributed by atoms with van der Waals surface area (Å²) in [4.78, 5) is 11.2. The monoisotopic (exact) mass is 346 g/mol. The van der Waals surface area contributed by atoms with Crippen LogP contribution < -0.4 is 19.5 Å². The zero-order valence-corrected chi connectivity index (χ0v) is 14.1. The van der Waals surface area contributed by atoms with Gasteiger partial charge in [0.25, 0.3) is 0 Å². The Morgan fingerprint density at radius 3 is 2.30 bits per heavy atom. The molecule has 0 aromatic heterocycles. The third-order valence-corrected chi connectivity index (χ3v) is 5.20. The van der Waals surface area contributed by atoms with E-state index < -0.39 is 38.1 Å². The van der Waals surface area contributed by atoms with E-state index in [0.29, 0.717) is 6.54 Å². The summed E-state index contributed by atoms with van der Waals surface area (Å²) >= 11 is 0. The molecule has 1 heterocycles. The Labute approximate surface area is 134 Å². The van der Waals surface area contributed by atoms with Crippen LogP contribution in [-0.4, -0.2) is 41.1 Å². The fourth-order valence-corrected chi connectivity index (χ4v) is 3.79. The van der Waals surface area contributed by atoms with Crippen molar-refractivity contribution in [1.82, 2.24) is 10.0 Å². The van der Waals surface area contributed by atoms with Crippen LogP contribution in [0.2, 0.25) is 0 Å². The van der Waals surface area contributed by atoms with E-state index in [2.05, 4.69) is 10.0 Å². The van der Waals surface area contributed by atoms with Gasteiger partial charge in [-0.15, -0.1) is 0 Å². The first-order chi connectivity index (χ1) is 10.6. The second-order valence-corrected chi connectivity index (χ2v) is 7.58. The van der Waals surface area contributed by atoms with Gasteiger partial charge in [0.1, 0.15) is 16.8 Å². The van der Waals surface area contributed by atoms with Gasteiger partial charge in [0.15, 0.2) is 11.5 Å². The maximum absolute atomic E-state index is 14.2. The standard InChI is InChI=1S/C14H19FN2O5S/c1-14(2)7-16-13(18)12(14)17-23(19,20)11-6-10(22-4)9(21-3)5-8(11)15/h5-6,12,17H,7H2,1-4H3,(H,16,18). The lowest BCUT2D eigenvalue weighted by molar-refractivity contribution is -0.121. The first-order valence-corrected chi connectivity index (χ1v) is 8.32. The molecule has 0 spiro atoms. The van der Waals surface area contributed by atoms with Crippen molar-refractivity contribution in [3.05, 3.63) is 17.9 Å². The van der Waals surface area contributed by atoms with E-state index in [9.17, 15) is 17.6 Å². The van der Waals surface area contributed by atoms with Crippen molar-refractivity contribution < 1.29 is 27.1 Å². The maximum Gasteiger partial charge on any atom is 0.244 e. The number of ether oxygens (including phenoxy) is 2. The SMILES string of the molecule is COc1cc(F)c(S(=O)(=O)NC2C(=O)NCC2(C)C)cc1OC. The van der Waals surface area contributed by atoms with Crippen molar-refractivity contribution in [1.29, 1.82) is 0 Å². The predicted molar refractivity (Wildman–Crippen MR) is 80.4 cm³/mol. The zero-order chi connectivity index (χ0) is 17.4. The number of methoxy groups -OCH3 is 2. The molecule has 1 unspecified atom stereocenters. The molecule has 0 bridgehead atoms. The number of nitrogens with one attached hydrogen (secondary N) is 2. The zero-order valence-electron chi connectivity index (χ0n) is 13.3. The van der Waals surface area contributed by atoms with Crippen molar-refractivity contribution >= 4 is 15.9 Å². The van der Waals surface area contributed by atoms with Gasteiger partial charge >= 0.3 is 0 Å². The Hall–Kier alpha value is -1.87. The largest absolute Gasteiger partial charge is 0.493 e. The van der Waals surface area contributed by atoms with Gasteiger partial charge in [-0.1, -0.05) is 13.8 Å². The molecule has 1 saturated heterocycles. The molecule has 1 aliphatic rings. The highest BCUT2D eigenvalue weighted by atomic mass is 32.2. The molecule has 128 valence electrons. The average molecular weight is 346 g/mol. The van der Waals surface area contributed by atoms with E-state index in [0.717, 1.165) is 12.1 Å². The molecule has 1 aromatic carbocycles. The highest BCUT2D eigenvalue weighted by molar-refractivity contribution is 7.89. The maximum atomic E-state index is 14.2. The van der Waals surface area contributed by atoms with Crippen LogP contribution >= 0.6 is 0 Å². The average Bonchev–Trinajstić information content (AvgIpc) is 2.73. The fourth-order valence-electron chi connectivity index (χ4n) is 2.35. The lowest BCUT2D eigenvalue weighted by atomic mass is 9.88. The van der Waals surface area contributed by atoms with Crippen LogP contribution in [0, 0.1) is 11.2 Å². The van der Waals surface area contributed by atoms with Gasteiger partial charge in [-0.05, 0) is 0 Å². The number of carbonyl (C=O) groups is 1. The molecule has 1 fully saturated rings. The highest BCUT2D eigenvalue weighted by Crippen LogP contribution is 2.33. The molecule has 0 aliphatic carbocycles. The number of benzene rings is 1. The van der Waals surface area contributed by atoms with Crippen LogP contribution in [0.3, 0.4) is 0 Å². The van der Waals surface area contributed by atoms with E-state index in [1.165, 1.54) is 14.2 Å². The second kappa shape index (κ2) is 5.97. The summed E-state index contributed by atoms with van der Waals surface area (Å²) in [6, 6.07) is 0.962. The molecule has 1 aromatic rings. The second-order valence-electron chi connectivity index (χ2n) is 5.90. The molecule has 2 rings (SSSR count). The minimum absolute atomic E-state index is 0.0721. The molecule has 1 atom stereocenters. The Bertz CT molecular complexity index is 733. The van der Waals surface area contributed by atoms with Crippen LogP contribution in [0.4, 0.5) is 4.39 Å². The van der Waals surface area contributed by atoms with Crippen LogP contribution in [0.25, 0.3) is 0 Å². The number of sulfonamides is 1. The predicted octanol–water partition coefficient (Wildman–Crippen LogP) is 0.646. The highest BCUT2D eigenvalue weighted by Gasteiger charge is 2.44.